The zero-order valence-electron chi connectivity index (χ0n) is 16.7. The van der Waals surface area contributed by atoms with Crippen LogP contribution in [0.3, 0.4) is 0 Å². The summed E-state index contributed by atoms with van der Waals surface area (Å²) in [6, 6.07) is 1.89. The average Bonchev–Trinajstić information content (AvgIpc) is 2.97. The van der Waals surface area contributed by atoms with Crippen LogP contribution in [0.5, 0.6) is 0 Å². The lowest BCUT2D eigenvalue weighted by molar-refractivity contribution is -0.137. The molecule has 2 rings (SSSR count). The summed E-state index contributed by atoms with van der Waals surface area (Å²) < 4.78 is 5.30. The van der Waals surface area contributed by atoms with Crippen molar-refractivity contribution in [1.82, 2.24) is 15.8 Å². The van der Waals surface area contributed by atoms with Gasteiger partial charge in [0.15, 0.2) is 5.76 Å². The van der Waals surface area contributed by atoms with Crippen LogP contribution in [-0.2, 0) is 22.6 Å². The van der Waals surface area contributed by atoms with E-state index < -0.39 is 0 Å². The molecule has 1 aromatic rings. The fourth-order valence-corrected chi connectivity index (χ4v) is 3.48. The van der Waals surface area contributed by atoms with E-state index in [1.807, 2.05) is 26.8 Å². The lowest BCUT2D eigenvalue weighted by Gasteiger charge is -2.32. The summed E-state index contributed by atoms with van der Waals surface area (Å²) in [6.45, 7) is 10.4. The van der Waals surface area contributed by atoms with E-state index in [-0.39, 0.29) is 29.2 Å². The molecular weight excluding hydrogens is 330 g/mol. The lowest BCUT2D eigenvalue weighted by atomic mass is 9.77. The van der Waals surface area contributed by atoms with Gasteiger partial charge in [0.1, 0.15) is 0 Å². The zero-order valence-corrected chi connectivity index (χ0v) is 16.7. The minimum atomic E-state index is -0.289. The fourth-order valence-electron chi connectivity index (χ4n) is 3.48. The van der Waals surface area contributed by atoms with Gasteiger partial charge in [-0.05, 0) is 46.0 Å². The van der Waals surface area contributed by atoms with Crippen LogP contribution >= 0.6 is 0 Å². The van der Waals surface area contributed by atoms with Crippen LogP contribution in [0.15, 0.2) is 10.6 Å². The van der Waals surface area contributed by atoms with Gasteiger partial charge in [-0.3, -0.25) is 9.59 Å². The monoisotopic (exact) mass is 363 g/mol. The Bertz CT molecular complexity index is 616. The number of aromatic nitrogens is 1. The third-order valence-corrected chi connectivity index (χ3v) is 4.60. The first-order valence-electron chi connectivity index (χ1n) is 9.70. The first-order chi connectivity index (χ1) is 12.2. The number of hydrogen-bond donors (Lipinski definition) is 2. The number of carbonyl (C=O) groups is 2. The van der Waals surface area contributed by atoms with E-state index >= 15 is 0 Å². The molecule has 1 aliphatic rings. The highest BCUT2D eigenvalue weighted by atomic mass is 16.5. The summed E-state index contributed by atoms with van der Waals surface area (Å²) >= 11 is 0. The van der Waals surface area contributed by atoms with E-state index in [0.717, 1.165) is 37.8 Å². The molecule has 1 aliphatic carbocycles. The van der Waals surface area contributed by atoms with Crippen LogP contribution < -0.4 is 10.6 Å². The van der Waals surface area contributed by atoms with Crippen LogP contribution in [0.2, 0.25) is 0 Å². The van der Waals surface area contributed by atoms with Gasteiger partial charge in [-0.2, -0.15) is 0 Å². The SMILES string of the molecule is CC(C)Cc1cc(CNC(=O)[C@@H]2CCCC[C@@H]2C(=O)NC(C)(C)C)on1. The predicted octanol–water partition coefficient (Wildman–Crippen LogP) is 3.21. The lowest BCUT2D eigenvalue weighted by Crippen LogP contribution is -2.49. The number of amides is 2. The molecule has 26 heavy (non-hydrogen) atoms. The molecule has 0 aromatic carbocycles. The first kappa shape index (κ1) is 20.5. The minimum absolute atomic E-state index is 0.0174. The molecule has 1 fully saturated rings. The molecule has 0 aliphatic heterocycles. The Labute approximate surface area is 156 Å². The van der Waals surface area contributed by atoms with Gasteiger partial charge in [-0.15, -0.1) is 0 Å². The normalized spacial score (nSPS) is 20.8. The van der Waals surface area contributed by atoms with Crippen molar-refractivity contribution < 1.29 is 14.1 Å². The topological polar surface area (TPSA) is 84.2 Å². The Balaban J connectivity index is 1.93. The predicted molar refractivity (Wildman–Crippen MR) is 100 cm³/mol. The molecule has 0 bridgehead atoms. The number of nitrogens with zero attached hydrogens (tertiary/aromatic N) is 1. The third-order valence-electron chi connectivity index (χ3n) is 4.60. The van der Waals surface area contributed by atoms with E-state index in [9.17, 15) is 9.59 Å². The van der Waals surface area contributed by atoms with Crippen molar-refractivity contribution in [2.75, 3.05) is 0 Å². The van der Waals surface area contributed by atoms with E-state index in [4.69, 9.17) is 4.52 Å². The number of nitrogens with one attached hydrogen (secondary N) is 2. The standard InChI is InChI=1S/C20H33N3O3/c1-13(2)10-14-11-15(26-23-14)12-21-18(24)16-8-6-7-9-17(16)19(25)22-20(3,4)5/h11,13,16-17H,6-10,12H2,1-5H3,(H,21,24)(H,22,25)/t16-,17+/m1/s1. The molecule has 2 atom stereocenters. The van der Waals surface area contributed by atoms with Gasteiger partial charge in [0, 0.05) is 23.4 Å². The van der Waals surface area contributed by atoms with Crippen molar-refractivity contribution >= 4 is 11.8 Å². The second-order valence-electron chi connectivity index (χ2n) is 8.84. The molecule has 1 heterocycles. The highest BCUT2D eigenvalue weighted by molar-refractivity contribution is 5.88. The Hall–Kier alpha value is -1.85. The second kappa shape index (κ2) is 8.69. The molecule has 0 unspecified atom stereocenters. The third kappa shape index (κ3) is 6.15. The van der Waals surface area contributed by atoms with Crippen molar-refractivity contribution in [1.29, 1.82) is 0 Å². The van der Waals surface area contributed by atoms with Crippen LogP contribution in [0.4, 0.5) is 0 Å². The molecule has 2 amide bonds. The fraction of sp³-hybridized carbons (Fsp3) is 0.750. The quantitative estimate of drug-likeness (QED) is 0.813. The Morgan fingerprint density at radius 1 is 1.19 bits per heavy atom. The molecule has 0 saturated heterocycles. The first-order valence-corrected chi connectivity index (χ1v) is 9.70. The van der Waals surface area contributed by atoms with Crippen molar-refractivity contribution in [2.45, 2.75) is 78.8 Å². The van der Waals surface area contributed by atoms with Gasteiger partial charge in [-0.25, -0.2) is 0 Å². The molecule has 1 saturated carbocycles. The molecule has 0 spiro atoms. The van der Waals surface area contributed by atoms with Gasteiger partial charge in [-0.1, -0.05) is 31.8 Å². The van der Waals surface area contributed by atoms with Gasteiger partial charge in [0.25, 0.3) is 0 Å². The van der Waals surface area contributed by atoms with Crippen LogP contribution in [0.1, 0.15) is 71.8 Å². The van der Waals surface area contributed by atoms with Crippen LogP contribution in [-0.4, -0.2) is 22.5 Å². The smallest absolute Gasteiger partial charge is 0.224 e. The van der Waals surface area contributed by atoms with Crippen molar-refractivity contribution in [3.63, 3.8) is 0 Å². The summed E-state index contributed by atoms with van der Waals surface area (Å²) in [5.74, 6) is 0.544. The van der Waals surface area contributed by atoms with E-state index in [2.05, 4.69) is 29.6 Å². The highest BCUT2D eigenvalue weighted by Gasteiger charge is 2.36. The van der Waals surface area contributed by atoms with E-state index in [0.29, 0.717) is 18.2 Å². The molecular formula is C20H33N3O3. The van der Waals surface area contributed by atoms with Crippen molar-refractivity contribution in [3.05, 3.63) is 17.5 Å². The van der Waals surface area contributed by atoms with Crippen molar-refractivity contribution in [2.24, 2.45) is 17.8 Å². The Morgan fingerprint density at radius 3 is 2.38 bits per heavy atom. The summed E-state index contributed by atoms with van der Waals surface area (Å²) in [7, 11) is 0. The number of rotatable bonds is 6. The summed E-state index contributed by atoms with van der Waals surface area (Å²) in [5.41, 5.74) is 0.617. The molecule has 6 nitrogen and oxygen atoms in total. The van der Waals surface area contributed by atoms with Crippen LogP contribution in [0, 0.1) is 17.8 Å². The second-order valence-corrected chi connectivity index (χ2v) is 8.84. The number of hydrogen-bond acceptors (Lipinski definition) is 4. The molecule has 0 radical (unpaired) electrons. The molecule has 6 heteroatoms. The maximum absolute atomic E-state index is 12.7. The summed E-state index contributed by atoms with van der Waals surface area (Å²) in [5, 5.41) is 9.99. The molecule has 2 N–H and O–H groups in total. The van der Waals surface area contributed by atoms with Gasteiger partial charge >= 0.3 is 0 Å². The Kier molecular flexibility index (Phi) is 6.84. The highest BCUT2D eigenvalue weighted by Crippen LogP contribution is 2.31. The van der Waals surface area contributed by atoms with Crippen LogP contribution in [0.25, 0.3) is 0 Å². The maximum Gasteiger partial charge on any atom is 0.224 e. The summed E-state index contributed by atoms with van der Waals surface area (Å²) in [6.07, 6.45) is 4.35. The molecule has 1 aromatic heterocycles. The van der Waals surface area contributed by atoms with Gasteiger partial charge in [0.05, 0.1) is 12.2 Å². The van der Waals surface area contributed by atoms with Gasteiger partial charge in [0.2, 0.25) is 11.8 Å². The van der Waals surface area contributed by atoms with E-state index in [1.165, 1.54) is 0 Å². The Morgan fingerprint density at radius 2 is 1.81 bits per heavy atom. The minimum Gasteiger partial charge on any atom is -0.359 e. The maximum atomic E-state index is 12.7. The van der Waals surface area contributed by atoms with Gasteiger partial charge < -0.3 is 15.2 Å². The molecule has 146 valence electrons. The average molecular weight is 364 g/mol. The largest absolute Gasteiger partial charge is 0.359 e. The number of carbonyl (C=O) groups excluding carboxylic acids is 2. The van der Waals surface area contributed by atoms with E-state index in [1.54, 1.807) is 0 Å². The zero-order chi connectivity index (χ0) is 19.3. The van der Waals surface area contributed by atoms with Crippen molar-refractivity contribution in [3.8, 4) is 0 Å². The summed E-state index contributed by atoms with van der Waals surface area (Å²) in [4.78, 5) is 25.3.